The Balaban J connectivity index is -0.000000499. The van der Waals surface area contributed by atoms with Crippen molar-refractivity contribution in [1.82, 2.24) is 0 Å². The highest BCUT2D eigenvalue weighted by Crippen LogP contribution is 2.32. The Bertz CT molecular complexity index is 710. The molecule has 0 heterocycles. The summed E-state index contributed by atoms with van der Waals surface area (Å²) in [7, 11) is 0. The highest BCUT2D eigenvalue weighted by atomic mass is 35.5. The summed E-state index contributed by atoms with van der Waals surface area (Å²) in [4.78, 5) is 23.0. The number of aryl methyl sites for hydroxylation is 2. The van der Waals surface area contributed by atoms with E-state index in [0.29, 0.717) is 5.92 Å². The first kappa shape index (κ1) is 34.2. The fraction of sp³-hybridized carbons (Fsp3) is 0.444. The van der Waals surface area contributed by atoms with Crippen LogP contribution in [0, 0.1) is 19.8 Å². The number of para-hydroxylation sites is 1. The largest absolute Gasteiger partial charge is 0.370 e. The molecule has 0 fully saturated rings. The van der Waals surface area contributed by atoms with Gasteiger partial charge in [0.15, 0.2) is 0 Å². The molecule has 0 aliphatic carbocycles. The average Bonchev–Trinajstić information content (AvgIpc) is 2.81. The third-order valence-electron chi connectivity index (χ3n) is 3.97. The SMILES string of the molecule is C=O.C=O.CC.CC=Nc1c(C)cccc1N(CCC)CC(C)C.Cc1ccccc1Cl. The molecule has 0 spiro atoms. The van der Waals surface area contributed by atoms with Crippen molar-refractivity contribution in [2.75, 3.05) is 18.0 Å². The number of benzene rings is 2. The predicted octanol–water partition coefficient (Wildman–Crippen LogP) is 7.89. The number of carbonyl (C=O) groups is 2. The molecule has 4 nitrogen and oxygen atoms in total. The van der Waals surface area contributed by atoms with Gasteiger partial charge in [-0.25, -0.2) is 0 Å². The number of rotatable bonds is 6. The summed E-state index contributed by atoms with van der Waals surface area (Å²) in [5.41, 5.74) is 4.77. The zero-order valence-electron chi connectivity index (χ0n) is 21.3. The maximum absolute atomic E-state index is 8.00. The molecule has 0 unspecified atom stereocenters. The van der Waals surface area contributed by atoms with Gasteiger partial charge in [-0.15, -0.1) is 0 Å². The van der Waals surface area contributed by atoms with E-state index in [1.54, 1.807) is 0 Å². The van der Waals surface area contributed by atoms with Crippen molar-refractivity contribution >= 4 is 42.8 Å². The molecule has 0 bridgehead atoms. The van der Waals surface area contributed by atoms with Crippen molar-refractivity contribution in [2.24, 2.45) is 10.9 Å². The van der Waals surface area contributed by atoms with Crippen LogP contribution in [0.15, 0.2) is 47.5 Å². The fourth-order valence-corrected chi connectivity index (χ4v) is 2.90. The first-order valence-corrected chi connectivity index (χ1v) is 11.4. The summed E-state index contributed by atoms with van der Waals surface area (Å²) in [6.07, 6.45) is 3.04. The van der Waals surface area contributed by atoms with Crippen LogP contribution in [0.2, 0.25) is 5.02 Å². The van der Waals surface area contributed by atoms with E-state index in [0.717, 1.165) is 35.8 Å². The number of anilines is 1. The Labute approximate surface area is 201 Å². The highest BCUT2D eigenvalue weighted by Gasteiger charge is 2.12. The molecule has 2 rings (SSSR count). The highest BCUT2D eigenvalue weighted by molar-refractivity contribution is 6.31. The number of aliphatic imine (C=N–C) groups is 1. The molecule has 0 atom stereocenters. The van der Waals surface area contributed by atoms with Crippen LogP contribution in [0.25, 0.3) is 0 Å². The molecule has 180 valence electrons. The molecule has 0 aliphatic rings. The van der Waals surface area contributed by atoms with E-state index in [1.807, 2.05) is 71.8 Å². The first-order chi connectivity index (χ1) is 15.4. The Morgan fingerprint density at radius 2 is 1.50 bits per heavy atom. The van der Waals surface area contributed by atoms with E-state index < -0.39 is 0 Å². The van der Waals surface area contributed by atoms with E-state index >= 15 is 0 Å². The van der Waals surface area contributed by atoms with Gasteiger partial charge in [0, 0.05) is 24.3 Å². The number of hydrogen-bond donors (Lipinski definition) is 0. The smallest absolute Gasteiger partial charge is 0.106 e. The minimum absolute atomic E-state index is 0.663. The summed E-state index contributed by atoms with van der Waals surface area (Å²) in [5, 5.41) is 0.840. The summed E-state index contributed by atoms with van der Waals surface area (Å²) in [5.74, 6) is 0.663. The van der Waals surface area contributed by atoms with Crippen LogP contribution in [0.4, 0.5) is 11.4 Å². The van der Waals surface area contributed by atoms with Crippen molar-refractivity contribution in [3.8, 4) is 0 Å². The summed E-state index contributed by atoms with van der Waals surface area (Å²) in [6, 6.07) is 14.2. The van der Waals surface area contributed by atoms with Crippen molar-refractivity contribution in [3.05, 3.63) is 58.6 Å². The van der Waals surface area contributed by atoms with Crippen LogP contribution >= 0.6 is 11.6 Å². The lowest BCUT2D eigenvalue weighted by atomic mass is 10.1. The fourth-order valence-electron chi connectivity index (χ4n) is 2.77. The quantitative estimate of drug-likeness (QED) is 0.410. The monoisotopic (exact) mass is 462 g/mol. The number of hydrogen-bond acceptors (Lipinski definition) is 4. The molecule has 0 saturated heterocycles. The minimum atomic E-state index is 0.663. The first-order valence-electron chi connectivity index (χ1n) is 11.0. The standard InChI is InChI=1S/C16H26N2.C7H7Cl.C2H6.2CH2O/c1-6-11-18(12-13(3)4)15-10-8-9-14(5)16(15)17-7-2;1-6-4-2-3-5-7(6)8;3*1-2/h7-10,13H,6,11-12H2,1-5H3;2-5H,1H3;1-2H3;2*1H2. The van der Waals surface area contributed by atoms with Gasteiger partial charge in [0.2, 0.25) is 0 Å². The zero-order valence-corrected chi connectivity index (χ0v) is 22.1. The van der Waals surface area contributed by atoms with Crippen molar-refractivity contribution < 1.29 is 9.59 Å². The van der Waals surface area contributed by atoms with Crippen molar-refractivity contribution in [1.29, 1.82) is 0 Å². The number of nitrogens with zero attached hydrogens (tertiary/aromatic N) is 2. The van der Waals surface area contributed by atoms with E-state index in [4.69, 9.17) is 21.2 Å². The Hall–Kier alpha value is -2.46. The van der Waals surface area contributed by atoms with Gasteiger partial charge in [0.05, 0.1) is 11.4 Å². The lowest BCUT2D eigenvalue weighted by Gasteiger charge is -2.28. The molecule has 0 amide bonds. The van der Waals surface area contributed by atoms with Crippen molar-refractivity contribution in [3.63, 3.8) is 0 Å². The molecular weight excluding hydrogens is 420 g/mol. The molecule has 2 aromatic rings. The molecule has 0 saturated carbocycles. The normalized spacial score (nSPS) is 9.19. The van der Waals surface area contributed by atoms with Gasteiger partial charge in [-0.2, -0.15) is 0 Å². The molecule has 32 heavy (non-hydrogen) atoms. The number of carbonyl (C=O) groups excluding carboxylic acids is 2. The molecule has 2 aromatic carbocycles. The minimum Gasteiger partial charge on any atom is -0.370 e. The van der Waals surface area contributed by atoms with Crippen molar-refractivity contribution in [2.45, 2.75) is 61.8 Å². The molecule has 0 N–H and O–H groups in total. The van der Waals surface area contributed by atoms with E-state index in [-0.39, 0.29) is 0 Å². The van der Waals surface area contributed by atoms with Gasteiger partial charge in [0.1, 0.15) is 13.6 Å². The van der Waals surface area contributed by atoms with Crippen LogP contribution in [0.1, 0.15) is 59.1 Å². The molecule has 5 heteroatoms. The van der Waals surface area contributed by atoms with E-state index in [9.17, 15) is 0 Å². The molecular formula is C27H43ClN2O2. The topological polar surface area (TPSA) is 49.7 Å². The third kappa shape index (κ3) is 14.5. The van der Waals surface area contributed by atoms with Crippen LogP contribution in [0.3, 0.4) is 0 Å². The average molecular weight is 463 g/mol. The third-order valence-corrected chi connectivity index (χ3v) is 4.40. The van der Waals surface area contributed by atoms with Gasteiger partial charge >= 0.3 is 0 Å². The molecule has 0 radical (unpaired) electrons. The second kappa shape index (κ2) is 23.2. The summed E-state index contributed by atoms with van der Waals surface area (Å²) in [6.45, 7) is 23.0. The molecule has 0 aliphatic heterocycles. The van der Waals surface area contributed by atoms with E-state index in [2.05, 4.69) is 55.8 Å². The Kier molecular flexibility index (Phi) is 24.8. The van der Waals surface area contributed by atoms with Gasteiger partial charge in [-0.05, 0) is 56.4 Å². The number of halogens is 1. The van der Waals surface area contributed by atoms with Crippen LogP contribution in [-0.2, 0) is 9.59 Å². The summed E-state index contributed by atoms with van der Waals surface area (Å²) < 4.78 is 0. The maximum Gasteiger partial charge on any atom is 0.106 e. The lowest BCUT2D eigenvalue weighted by Crippen LogP contribution is -2.28. The Morgan fingerprint density at radius 1 is 0.969 bits per heavy atom. The second-order valence-electron chi connectivity index (χ2n) is 6.92. The van der Waals surface area contributed by atoms with Crippen LogP contribution in [-0.4, -0.2) is 32.9 Å². The maximum atomic E-state index is 8.00. The summed E-state index contributed by atoms with van der Waals surface area (Å²) >= 11 is 5.71. The van der Waals surface area contributed by atoms with Gasteiger partial charge in [0.25, 0.3) is 0 Å². The zero-order chi connectivity index (χ0) is 25.5. The molecule has 0 aromatic heterocycles. The second-order valence-corrected chi connectivity index (χ2v) is 7.33. The van der Waals surface area contributed by atoms with Crippen LogP contribution in [0.5, 0.6) is 0 Å². The van der Waals surface area contributed by atoms with Crippen LogP contribution < -0.4 is 4.90 Å². The lowest BCUT2D eigenvalue weighted by molar-refractivity contribution is -0.0987. The Morgan fingerprint density at radius 3 is 1.91 bits per heavy atom. The van der Waals surface area contributed by atoms with Gasteiger partial charge in [-0.1, -0.05) is 76.6 Å². The van der Waals surface area contributed by atoms with E-state index in [1.165, 1.54) is 11.3 Å². The van der Waals surface area contributed by atoms with Gasteiger partial charge in [-0.3, -0.25) is 4.99 Å². The van der Waals surface area contributed by atoms with Gasteiger partial charge < -0.3 is 14.5 Å². The predicted molar refractivity (Wildman–Crippen MR) is 144 cm³/mol.